The largest absolute Gasteiger partial charge is 0.382 e. The molecule has 21 heavy (non-hydrogen) atoms. The Morgan fingerprint density at radius 1 is 1.05 bits per heavy atom. The Bertz CT molecular complexity index is 642. The number of aliphatic hydroxyl groups excluding tert-OH is 1. The zero-order valence-corrected chi connectivity index (χ0v) is 10.9. The standard InChI is InChI=1S/C13H11F5N2O/c1-2-5-20-6(3-4-19-20)13(21)7-8(14)10(16)12(18)11(17)9(7)15/h3-4,13,21H,2,5H2,1H3. The number of rotatable bonds is 4. The van der Waals surface area contributed by atoms with Crippen LogP contribution in [0, 0.1) is 29.1 Å². The molecule has 0 aliphatic heterocycles. The monoisotopic (exact) mass is 306 g/mol. The zero-order chi connectivity index (χ0) is 15.7. The first-order chi connectivity index (χ1) is 9.90. The molecule has 1 unspecified atom stereocenters. The topological polar surface area (TPSA) is 38.0 Å². The first kappa shape index (κ1) is 15.4. The number of nitrogens with zero attached hydrogens (tertiary/aromatic N) is 2. The van der Waals surface area contributed by atoms with Gasteiger partial charge in [-0.25, -0.2) is 22.0 Å². The maximum Gasteiger partial charge on any atom is 0.200 e. The first-order valence-corrected chi connectivity index (χ1v) is 6.11. The van der Waals surface area contributed by atoms with Crippen molar-refractivity contribution in [3.8, 4) is 0 Å². The second-order valence-electron chi connectivity index (χ2n) is 4.37. The van der Waals surface area contributed by atoms with Crippen LogP contribution in [0.4, 0.5) is 22.0 Å². The van der Waals surface area contributed by atoms with E-state index in [2.05, 4.69) is 5.10 Å². The van der Waals surface area contributed by atoms with Crippen molar-refractivity contribution in [3.05, 3.63) is 52.6 Å². The molecule has 0 bridgehead atoms. The maximum atomic E-state index is 13.7. The van der Waals surface area contributed by atoms with Crippen LogP contribution in [0.3, 0.4) is 0 Å². The summed E-state index contributed by atoms with van der Waals surface area (Å²) in [5.74, 6) is -10.6. The number of hydrogen-bond donors (Lipinski definition) is 1. The van der Waals surface area contributed by atoms with Gasteiger partial charge in [-0.05, 0) is 12.5 Å². The third-order valence-electron chi connectivity index (χ3n) is 2.98. The fourth-order valence-corrected chi connectivity index (χ4v) is 1.98. The van der Waals surface area contributed by atoms with Gasteiger partial charge in [0.05, 0.1) is 11.3 Å². The molecule has 3 nitrogen and oxygen atoms in total. The number of aryl methyl sites for hydroxylation is 1. The summed E-state index contributed by atoms with van der Waals surface area (Å²) in [5.41, 5.74) is -1.34. The predicted octanol–water partition coefficient (Wildman–Crippen LogP) is 3.07. The minimum Gasteiger partial charge on any atom is -0.382 e. The second-order valence-corrected chi connectivity index (χ2v) is 4.37. The Labute approximate surface area is 116 Å². The minimum absolute atomic E-state index is 0.0555. The zero-order valence-electron chi connectivity index (χ0n) is 10.9. The highest BCUT2D eigenvalue weighted by Gasteiger charge is 2.31. The van der Waals surface area contributed by atoms with Crippen LogP contribution in [0.15, 0.2) is 12.3 Å². The molecule has 1 N–H and O–H groups in total. The molecule has 114 valence electrons. The molecule has 1 heterocycles. The highest BCUT2D eigenvalue weighted by atomic mass is 19.2. The molecule has 2 rings (SSSR count). The van der Waals surface area contributed by atoms with Gasteiger partial charge in [0.15, 0.2) is 23.3 Å². The Morgan fingerprint density at radius 2 is 1.57 bits per heavy atom. The van der Waals surface area contributed by atoms with Crippen LogP contribution >= 0.6 is 0 Å². The third-order valence-corrected chi connectivity index (χ3v) is 2.98. The second kappa shape index (κ2) is 5.80. The van der Waals surface area contributed by atoms with Gasteiger partial charge in [0.25, 0.3) is 0 Å². The van der Waals surface area contributed by atoms with E-state index in [1.165, 1.54) is 16.9 Å². The lowest BCUT2D eigenvalue weighted by atomic mass is 10.0. The Morgan fingerprint density at radius 3 is 2.10 bits per heavy atom. The quantitative estimate of drug-likeness (QED) is 0.535. The SMILES string of the molecule is CCCn1nccc1C(O)c1c(F)c(F)c(F)c(F)c1F. The van der Waals surface area contributed by atoms with Crippen LogP contribution in [0.2, 0.25) is 0 Å². The third kappa shape index (κ3) is 2.51. The molecule has 8 heteroatoms. The van der Waals surface area contributed by atoms with Gasteiger partial charge in [-0.3, -0.25) is 4.68 Å². The van der Waals surface area contributed by atoms with Crippen molar-refractivity contribution < 1.29 is 27.1 Å². The summed E-state index contributed by atoms with van der Waals surface area (Å²) >= 11 is 0. The van der Waals surface area contributed by atoms with E-state index in [1.807, 2.05) is 0 Å². The molecule has 0 spiro atoms. The van der Waals surface area contributed by atoms with Gasteiger partial charge in [0, 0.05) is 12.7 Å². The van der Waals surface area contributed by atoms with Gasteiger partial charge < -0.3 is 5.11 Å². The molecular weight excluding hydrogens is 295 g/mol. The molecule has 0 fully saturated rings. The Balaban J connectivity index is 2.58. The molecule has 0 saturated carbocycles. The van der Waals surface area contributed by atoms with Gasteiger partial charge >= 0.3 is 0 Å². The van der Waals surface area contributed by atoms with Gasteiger partial charge in [-0.2, -0.15) is 5.10 Å². The number of aromatic nitrogens is 2. The molecule has 0 amide bonds. The highest BCUT2D eigenvalue weighted by molar-refractivity contribution is 5.31. The van der Waals surface area contributed by atoms with Gasteiger partial charge in [0.1, 0.15) is 6.10 Å². The smallest absolute Gasteiger partial charge is 0.200 e. The first-order valence-electron chi connectivity index (χ1n) is 6.11. The van der Waals surface area contributed by atoms with Crippen molar-refractivity contribution >= 4 is 0 Å². The van der Waals surface area contributed by atoms with Crippen molar-refractivity contribution in [2.75, 3.05) is 0 Å². The van der Waals surface area contributed by atoms with Crippen LogP contribution in [-0.4, -0.2) is 14.9 Å². The lowest BCUT2D eigenvalue weighted by Crippen LogP contribution is -2.16. The number of benzene rings is 1. The van der Waals surface area contributed by atoms with Gasteiger partial charge in [0.2, 0.25) is 5.82 Å². The molecule has 1 aromatic carbocycles. The summed E-state index contributed by atoms with van der Waals surface area (Å²) in [6.07, 6.45) is -0.137. The lowest BCUT2D eigenvalue weighted by Gasteiger charge is -2.16. The van der Waals surface area contributed by atoms with Gasteiger partial charge in [-0.15, -0.1) is 0 Å². The summed E-state index contributed by atoms with van der Waals surface area (Å²) in [6, 6.07) is 1.25. The average molecular weight is 306 g/mol. The lowest BCUT2D eigenvalue weighted by molar-refractivity contribution is 0.191. The molecule has 0 aliphatic carbocycles. The van der Waals surface area contributed by atoms with E-state index in [1.54, 1.807) is 6.92 Å². The van der Waals surface area contributed by atoms with Crippen LogP contribution in [0.5, 0.6) is 0 Å². The molecule has 2 aromatic rings. The van der Waals surface area contributed by atoms with E-state index in [0.717, 1.165) is 0 Å². The van der Waals surface area contributed by atoms with E-state index in [9.17, 15) is 27.1 Å². The van der Waals surface area contributed by atoms with E-state index >= 15 is 0 Å². The van der Waals surface area contributed by atoms with Crippen molar-refractivity contribution in [1.82, 2.24) is 9.78 Å². The van der Waals surface area contributed by atoms with Crippen LogP contribution in [0.25, 0.3) is 0 Å². The van der Waals surface area contributed by atoms with Crippen molar-refractivity contribution in [1.29, 1.82) is 0 Å². The van der Waals surface area contributed by atoms with Crippen LogP contribution in [0.1, 0.15) is 30.7 Å². The average Bonchev–Trinajstić information content (AvgIpc) is 2.92. The number of hydrogen-bond acceptors (Lipinski definition) is 2. The molecular formula is C13H11F5N2O. The minimum atomic E-state index is -2.26. The summed E-state index contributed by atoms with van der Waals surface area (Å²) in [7, 11) is 0. The molecule has 0 aliphatic rings. The molecule has 0 saturated heterocycles. The Hall–Kier alpha value is -1.96. The predicted molar refractivity (Wildman–Crippen MR) is 62.8 cm³/mol. The molecule has 1 aromatic heterocycles. The van der Waals surface area contributed by atoms with Crippen molar-refractivity contribution in [2.45, 2.75) is 26.0 Å². The summed E-state index contributed by atoms with van der Waals surface area (Å²) in [5, 5.41) is 13.8. The van der Waals surface area contributed by atoms with E-state index in [4.69, 9.17) is 0 Å². The fourth-order valence-electron chi connectivity index (χ4n) is 1.98. The van der Waals surface area contributed by atoms with Crippen molar-refractivity contribution in [3.63, 3.8) is 0 Å². The number of halogens is 5. The highest BCUT2D eigenvalue weighted by Crippen LogP contribution is 2.31. The van der Waals surface area contributed by atoms with Gasteiger partial charge in [-0.1, -0.05) is 6.92 Å². The summed E-state index contributed by atoms with van der Waals surface area (Å²) < 4.78 is 67.8. The van der Waals surface area contributed by atoms with Crippen LogP contribution in [-0.2, 0) is 6.54 Å². The Kier molecular flexibility index (Phi) is 4.26. The van der Waals surface area contributed by atoms with E-state index < -0.39 is 40.8 Å². The number of aliphatic hydroxyl groups is 1. The van der Waals surface area contributed by atoms with Crippen molar-refractivity contribution in [2.24, 2.45) is 0 Å². The molecule has 1 atom stereocenters. The van der Waals surface area contributed by atoms with E-state index in [0.29, 0.717) is 13.0 Å². The summed E-state index contributed by atoms with van der Waals surface area (Å²) in [6.45, 7) is 2.13. The molecule has 0 radical (unpaired) electrons. The van der Waals surface area contributed by atoms with E-state index in [-0.39, 0.29) is 5.69 Å². The maximum absolute atomic E-state index is 13.7. The summed E-state index contributed by atoms with van der Waals surface area (Å²) in [4.78, 5) is 0. The van der Waals surface area contributed by atoms with Crippen LogP contribution < -0.4 is 0 Å². The fraction of sp³-hybridized carbons (Fsp3) is 0.308. The normalized spacial score (nSPS) is 12.7.